The molecule has 2 aromatic carbocycles. The number of aryl methyl sites for hydroxylation is 1. The molecule has 2 amide bonds. The molecule has 1 aliphatic heterocycles. The minimum Gasteiger partial charge on any atom is -0.346 e. The molecule has 0 radical (unpaired) electrons. The number of hydrogen-bond acceptors (Lipinski definition) is 6. The third kappa shape index (κ3) is 5.27. The largest absolute Gasteiger partial charge is 0.346 e. The minimum atomic E-state index is -0.806. The molecule has 0 aliphatic carbocycles. The highest BCUT2D eigenvalue weighted by Gasteiger charge is 2.26. The predicted octanol–water partition coefficient (Wildman–Crippen LogP) is 3.82. The van der Waals surface area contributed by atoms with E-state index in [-0.39, 0.29) is 11.7 Å². The van der Waals surface area contributed by atoms with Gasteiger partial charge in [0, 0.05) is 37.5 Å². The van der Waals surface area contributed by atoms with Gasteiger partial charge in [-0.1, -0.05) is 24.3 Å². The Morgan fingerprint density at radius 2 is 1.94 bits per heavy atom. The molecule has 8 nitrogen and oxygen atoms in total. The van der Waals surface area contributed by atoms with Crippen LogP contribution >= 0.6 is 11.3 Å². The third-order valence-corrected chi connectivity index (χ3v) is 6.56. The summed E-state index contributed by atoms with van der Waals surface area (Å²) >= 11 is 1.60. The van der Waals surface area contributed by atoms with E-state index >= 15 is 0 Å². The third-order valence-electron chi connectivity index (χ3n) is 5.86. The van der Waals surface area contributed by atoms with Gasteiger partial charge in [-0.25, -0.2) is 0 Å². The van der Waals surface area contributed by atoms with Crippen LogP contribution in [0, 0.1) is 17.0 Å². The summed E-state index contributed by atoms with van der Waals surface area (Å²) < 4.78 is 0. The summed E-state index contributed by atoms with van der Waals surface area (Å²) in [5.41, 5.74) is 4.53. The molecule has 0 saturated heterocycles. The highest BCUT2D eigenvalue weighted by molar-refractivity contribution is 7.08. The van der Waals surface area contributed by atoms with Gasteiger partial charge in [-0.3, -0.25) is 24.6 Å². The van der Waals surface area contributed by atoms with Crippen molar-refractivity contribution in [3.8, 4) is 0 Å². The minimum absolute atomic E-state index is 0.0533. The quantitative estimate of drug-likeness (QED) is 0.328. The van der Waals surface area contributed by atoms with E-state index in [0.29, 0.717) is 17.8 Å². The van der Waals surface area contributed by atoms with Crippen LogP contribution in [0.5, 0.6) is 0 Å². The zero-order chi connectivity index (χ0) is 23.4. The van der Waals surface area contributed by atoms with Gasteiger partial charge in [-0.05, 0) is 58.5 Å². The maximum Gasteiger partial charge on any atom is 0.313 e. The molecule has 1 aliphatic rings. The molecule has 1 unspecified atom stereocenters. The summed E-state index contributed by atoms with van der Waals surface area (Å²) in [6.07, 6.45) is 0.935. The number of carbonyl (C=O) groups excluding carboxylic acids is 2. The van der Waals surface area contributed by atoms with Gasteiger partial charge >= 0.3 is 11.8 Å². The molecule has 0 fully saturated rings. The molecule has 170 valence electrons. The van der Waals surface area contributed by atoms with Gasteiger partial charge in [0.1, 0.15) is 0 Å². The molecule has 0 spiro atoms. The number of carbonyl (C=O) groups is 2. The number of anilines is 1. The lowest BCUT2D eigenvalue weighted by Gasteiger charge is -2.35. The lowest BCUT2D eigenvalue weighted by atomic mass is 9.97. The van der Waals surface area contributed by atoms with Crippen LogP contribution in [0.25, 0.3) is 0 Å². The number of nitro benzene ring substituents is 1. The molecule has 9 heteroatoms. The van der Waals surface area contributed by atoms with Crippen LogP contribution in [0.2, 0.25) is 0 Å². The van der Waals surface area contributed by atoms with Crippen molar-refractivity contribution in [3.63, 3.8) is 0 Å². The van der Waals surface area contributed by atoms with E-state index in [1.165, 1.54) is 29.3 Å². The molecule has 3 aromatic rings. The molecule has 2 N–H and O–H groups in total. The first-order chi connectivity index (χ1) is 15.9. The second-order valence-electron chi connectivity index (χ2n) is 7.98. The summed E-state index contributed by atoms with van der Waals surface area (Å²) in [7, 11) is 0. The first-order valence-electron chi connectivity index (χ1n) is 10.6. The second kappa shape index (κ2) is 9.93. The van der Waals surface area contributed by atoms with Gasteiger partial charge in [0.05, 0.1) is 11.0 Å². The molecule has 1 atom stereocenters. The average Bonchev–Trinajstić information content (AvgIpc) is 3.34. The van der Waals surface area contributed by atoms with Crippen molar-refractivity contribution in [3.05, 3.63) is 91.7 Å². The highest BCUT2D eigenvalue weighted by Crippen LogP contribution is 2.29. The SMILES string of the molecule is Cc1cc([N+](=O)[O-])ccc1NC(=O)C(=O)NCC(c1ccsc1)N1CCc2ccccc2C1. The summed E-state index contributed by atoms with van der Waals surface area (Å²) in [6.45, 7) is 3.58. The van der Waals surface area contributed by atoms with Gasteiger partial charge in [0.2, 0.25) is 0 Å². The number of rotatable bonds is 6. The summed E-state index contributed by atoms with van der Waals surface area (Å²) in [5, 5.41) is 20.3. The molecule has 33 heavy (non-hydrogen) atoms. The number of non-ortho nitro benzene ring substituents is 1. The molecular weight excluding hydrogens is 440 g/mol. The van der Waals surface area contributed by atoms with Gasteiger partial charge in [-0.15, -0.1) is 0 Å². The zero-order valence-electron chi connectivity index (χ0n) is 18.1. The first-order valence-corrected chi connectivity index (χ1v) is 11.5. The van der Waals surface area contributed by atoms with Gasteiger partial charge in [0.25, 0.3) is 5.69 Å². The van der Waals surface area contributed by atoms with Crippen LogP contribution in [-0.2, 0) is 22.6 Å². The smallest absolute Gasteiger partial charge is 0.313 e. The number of benzene rings is 2. The Labute approximate surface area is 195 Å². The second-order valence-corrected chi connectivity index (χ2v) is 8.76. The van der Waals surface area contributed by atoms with Crippen molar-refractivity contribution in [1.82, 2.24) is 10.2 Å². The Hall–Kier alpha value is -3.56. The van der Waals surface area contributed by atoms with Crippen LogP contribution < -0.4 is 10.6 Å². The van der Waals surface area contributed by atoms with E-state index in [1.54, 1.807) is 18.3 Å². The number of nitrogens with zero attached hydrogens (tertiary/aromatic N) is 2. The topological polar surface area (TPSA) is 105 Å². The Morgan fingerprint density at radius 3 is 2.64 bits per heavy atom. The van der Waals surface area contributed by atoms with Crippen LogP contribution in [0.15, 0.2) is 59.3 Å². The predicted molar refractivity (Wildman–Crippen MR) is 127 cm³/mol. The highest BCUT2D eigenvalue weighted by atomic mass is 32.1. The lowest BCUT2D eigenvalue weighted by molar-refractivity contribution is -0.384. The number of nitro groups is 1. The average molecular weight is 465 g/mol. The van der Waals surface area contributed by atoms with Crippen LogP contribution in [0.3, 0.4) is 0 Å². The Morgan fingerprint density at radius 1 is 1.15 bits per heavy atom. The van der Waals surface area contributed by atoms with E-state index in [2.05, 4.69) is 39.1 Å². The number of thiophene rings is 1. The molecular formula is C24H24N4O4S. The molecule has 1 aromatic heterocycles. The van der Waals surface area contributed by atoms with E-state index in [4.69, 9.17) is 0 Å². The van der Waals surface area contributed by atoms with Crippen molar-refractivity contribution in [1.29, 1.82) is 0 Å². The molecule has 0 bridgehead atoms. The number of amides is 2. The van der Waals surface area contributed by atoms with Crippen LogP contribution in [0.1, 0.15) is 28.3 Å². The number of fused-ring (bicyclic) bond motifs is 1. The van der Waals surface area contributed by atoms with E-state index < -0.39 is 16.7 Å². The monoisotopic (exact) mass is 464 g/mol. The lowest BCUT2D eigenvalue weighted by Crippen LogP contribution is -2.43. The fraction of sp³-hybridized carbons (Fsp3) is 0.250. The van der Waals surface area contributed by atoms with Gasteiger partial charge < -0.3 is 10.6 Å². The van der Waals surface area contributed by atoms with Crippen molar-refractivity contribution >= 4 is 34.5 Å². The van der Waals surface area contributed by atoms with Crippen molar-refractivity contribution in [2.75, 3.05) is 18.4 Å². The van der Waals surface area contributed by atoms with E-state index in [9.17, 15) is 19.7 Å². The Kier molecular flexibility index (Phi) is 6.81. The van der Waals surface area contributed by atoms with Crippen molar-refractivity contribution < 1.29 is 14.5 Å². The Bertz CT molecular complexity index is 1180. The van der Waals surface area contributed by atoms with Crippen LogP contribution in [-0.4, -0.2) is 34.7 Å². The molecule has 0 saturated carbocycles. The van der Waals surface area contributed by atoms with Crippen LogP contribution in [0.4, 0.5) is 11.4 Å². The first kappa shape index (κ1) is 22.6. The Balaban J connectivity index is 1.41. The summed E-state index contributed by atoms with van der Waals surface area (Å²) in [5.74, 6) is -1.55. The zero-order valence-corrected chi connectivity index (χ0v) is 18.9. The number of hydrogen-bond donors (Lipinski definition) is 2. The van der Waals surface area contributed by atoms with Gasteiger partial charge in [0.15, 0.2) is 0 Å². The summed E-state index contributed by atoms with van der Waals surface area (Å²) in [4.78, 5) is 37.7. The molecule has 4 rings (SSSR count). The molecule has 2 heterocycles. The fourth-order valence-corrected chi connectivity index (χ4v) is 4.76. The van der Waals surface area contributed by atoms with E-state index in [0.717, 1.165) is 25.1 Å². The van der Waals surface area contributed by atoms with Crippen molar-refractivity contribution in [2.45, 2.75) is 25.9 Å². The fourth-order valence-electron chi connectivity index (χ4n) is 4.06. The standard InChI is InChI=1S/C24H24N4O4S/c1-16-12-20(28(31)32)6-7-21(16)26-24(30)23(29)25-13-22(19-9-11-33-15-19)27-10-8-17-4-2-3-5-18(17)14-27/h2-7,9,11-12,15,22H,8,10,13-14H2,1H3,(H,25,29)(H,26,30). The maximum absolute atomic E-state index is 12.5. The number of nitrogens with one attached hydrogen (secondary N) is 2. The van der Waals surface area contributed by atoms with E-state index in [1.807, 2.05) is 17.5 Å². The summed E-state index contributed by atoms with van der Waals surface area (Å²) in [6, 6.07) is 14.4. The normalized spacial score (nSPS) is 14.2. The van der Waals surface area contributed by atoms with Gasteiger partial charge in [-0.2, -0.15) is 11.3 Å². The van der Waals surface area contributed by atoms with Crippen molar-refractivity contribution in [2.24, 2.45) is 0 Å². The maximum atomic E-state index is 12.5.